The monoisotopic (exact) mass is 609 g/mol. The zero-order valence-corrected chi connectivity index (χ0v) is 25.9. The van der Waals surface area contributed by atoms with Crippen LogP contribution in [0.3, 0.4) is 0 Å². The van der Waals surface area contributed by atoms with Crippen molar-refractivity contribution < 1.29 is 18.9 Å². The van der Waals surface area contributed by atoms with Gasteiger partial charge in [0.1, 0.15) is 12.4 Å². The number of nitrogens with zero attached hydrogens (tertiary/aromatic N) is 3. The summed E-state index contributed by atoms with van der Waals surface area (Å²) in [5.41, 5.74) is 10.9. The molecule has 5 rings (SSSR count). The summed E-state index contributed by atoms with van der Waals surface area (Å²) < 4.78 is 22.2. The molecule has 1 atom stereocenters. The Morgan fingerprint density at radius 2 is 1.56 bits per heavy atom. The minimum absolute atomic E-state index is 0.238. The SMILES string of the molecule is NCCCCCOCCOCCOCCOCC#Cc1ccc2c(c1)CC(Nc1nc(-c3cccnc3)nc3ccccc13)C2. The Kier molecular flexibility index (Phi) is 13.1. The number of aromatic nitrogens is 3. The second-order valence-corrected chi connectivity index (χ2v) is 10.9. The van der Waals surface area contributed by atoms with Gasteiger partial charge in [-0.3, -0.25) is 4.98 Å². The first-order chi connectivity index (χ1) is 22.3. The molecule has 1 aliphatic rings. The summed E-state index contributed by atoms with van der Waals surface area (Å²) in [6, 6.07) is 18.7. The van der Waals surface area contributed by atoms with E-state index in [-0.39, 0.29) is 6.04 Å². The highest BCUT2D eigenvalue weighted by Crippen LogP contribution is 2.29. The van der Waals surface area contributed by atoms with E-state index in [1.54, 1.807) is 12.4 Å². The van der Waals surface area contributed by atoms with Crippen LogP contribution in [0.1, 0.15) is 36.0 Å². The number of unbranched alkanes of at least 4 members (excludes halogenated alkanes) is 2. The molecule has 0 saturated heterocycles. The number of nitrogens with one attached hydrogen (secondary N) is 1. The summed E-state index contributed by atoms with van der Waals surface area (Å²) in [6.07, 6.45) is 8.62. The third kappa shape index (κ3) is 10.3. The van der Waals surface area contributed by atoms with Gasteiger partial charge in [0.25, 0.3) is 0 Å². The van der Waals surface area contributed by atoms with Crippen LogP contribution in [0.5, 0.6) is 0 Å². The first kappa shape index (κ1) is 32.5. The van der Waals surface area contributed by atoms with Gasteiger partial charge in [-0.05, 0) is 86.2 Å². The molecule has 0 bridgehead atoms. The highest BCUT2D eigenvalue weighted by atomic mass is 16.6. The molecule has 2 aromatic carbocycles. The molecular formula is C36H43N5O4. The molecule has 0 fully saturated rings. The quantitative estimate of drug-likeness (QED) is 0.121. The number of fused-ring (bicyclic) bond motifs is 2. The van der Waals surface area contributed by atoms with Crippen LogP contribution >= 0.6 is 0 Å². The molecule has 2 heterocycles. The Morgan fingerprint density at radius 1 is 0.778 bits per heavy atom. The maximum atomic E-state index is 5.61. The number of pyridine rings is 1. The number of anilines is 1. The van der Waals surface area contributed by atoms with Gasteiger partial charge >= 0.3 is 0 Å². The molecule has 0 amide bonds. The van der Waals surface area contributed by atoms with E-state index in [1.807, 2.05) is 30.3 Å². The van der Waals surface area contributed by atoms with Crippen LogP contribution in [0.25, 0.3) is 22.3 Å². The van der Waals surface area contributed by atoms with E-state index in [0.29, 0.717) is 52.1 Å². The van der Waals surface area contributed by atoms with Gasteiger partial charge in [-0.1, -0.05) is 30.0 Å². The Morgan fingerprint density at radius 3 is 2.36 bits per heavy atom. The zero-order chi connectivity index (χ0) is 30.9. The van der Waals surface area contributed by atoms with Crippen LogP contribution in [-0.4, -0.2) is 80.4 Å². The lowest BCUT2D eigenvalue weighted by Crippen LogP contribution is -2.20. The lowest BCUT2D eigenvalue weighted by Gasteiger charge is -2.15. The van der Waals surface area contributed by atoms with Crippen LogP contribution in [0.15, 0.2) is 67.0 Å². The number of ether oxygens (including phenoxy) is 4. The van der Waals surface area contributed by atoms with Crippen LogP contribution in [0.4, 0.5) is 5.82 Å². The van der Waals surface area contributed by atoms with Crippen molar-refractivity contribution in [1.82, 2.24) is 15.0 Å². The second kappa shape index (κ2) is 18.2. The van der Waals surface area contributed by atoms with E-state index in [4.69, 9.17) is 34.6 Å². The summed E-state index contributed by atoms with van der Waals surface area (Å²) in [7, 11) is 0. The fourth-order valence-electron chi connectivity index (χ4n) is 5.25. The van der Waals surface area contributed by atoms with Crippen molar-refractivity contribution in [3.05, 3.63) is 83.7 Å². The van der Waals surface area contributed by atoms with Gasteiger partial charge in [-0.2, -0.15) is 0 Å². The summed E-state index contributed by atoms with van der Waals surface area (Å²) in [5, 5.41) is 4.72. The summed E-state index contributed by atoms with van der Waals surface area (Å²) in [6.45, 7) is 5.17. The maximum absolute atomic E-state index is 5.61. The minimum Gasteiger partial charge on any atom is -0.379 e. The average Bonchev–Trinajstić information content (AvgIpc) is 3.48. The third-order valence-corrected chi connectivity index (χ3v) is 7.52. The standard InChI is InChI=1S/C36H43N5O4/c37-14-4-1-5-16-42-18-20-44-22-23-45-21-19-43-17-7-8-28-12-13-29-25-32(26-31(29)24-28)39-36-33-10-2-3-11-34(33)40-35(41-36)30-9-6-15-38-27-30/h2-3,6,9-13,15,24,27,32H,1,4-5,14,16-23,25-26,37H2,(H,39,40,41). The zero-order valence-electron chi connectivity index (χ0n) is 25.9. The molecule has 2 aromatic heterocycles. The predicted molar refractivity (Wildman–Crippen MR) is 177 cm³/mol. The van der Waals surface area contributed by atoms with Gasteiger partial charge in [-0.25, -0.2) is 9.97 Å². The van der Waals surface area contributed by atoms with E-state index in [1.165, 1.54) is 11.1 Å². The summed E-state index contributed by atoms with van der Waals surface area (Å²) in [4.78, 5) is 13.9. The summed E-state index contributed by atoms with van der Waals surface area (Å²) in [5.74, 6) is 7.88. The molecule has 9 heteroatoms. The first-order valence-electron chi connectivity index (χ1n) is 15.9. The maximum Gasteiger partial charge on any atom is 0.163 e. The molecule has 0 spiro atoms. The van der Waals surface area contributed by atoms with Crippen LogP contribution in [0.2, 0.25) is 0 Å². The van der Waals surface area contributed by atoms with E-state index >= 15 is 0 Å². The van der Waals surface area contributed by atoms with Crippen molar-refractivity contribution in [2.75, 3.05) is 64.7 Å². The summed E-state index contributed by atoms with van der Waals surface area (Å²) >= 11 is 0. The van der Waals surface area contributed by atoms with Gasteiger partial charge in [-0.15, -0.1) is 0 Å². The molecule has 1 unspecified atom stereocenters. The van der Waals surface area contributed by atoms with Crippen LogP contribution in [0, 0.1) is 11.8 Å². The molecule has 9 nitrogen and oxygen atoms in total. The molecule has 4 aromatic rings. The largest absolute Gasteiger partial charge is 0.379 e. The molecule has 3 N–H and O–H groups in total. The average molecular weight is 610 g/mol. The van der Waals surface area contributed by atoms with Crippen LogP contribution < -0.4 is 11.1 Å². The molecular weight excluding hydrogens is 566 g/mol. The van der Waals surface area contributed by atoms with Gasteiger partial charge in [0.05, 0.1) is 45.2 Å². The molecule has 0 saturated carbocycles. The molecule has 0 aliphatic heterocycles. The minimum atomic E-state index is 0.238. The first-order valence-corrected chi connectivity index (χ1v) is 15.9. The Labute approximate surface area is 265 Å². The predicted octanol–water partition coefficient (Wildman–Crippen LogP) is 4.82. The molecule has 1 aliphatic carbocycles. The number of nitrogens with two attached hydrogens (primary N) is 1. The molecule has 45 heavy (non-hydrogen) atoms. The highest BCUT2D eigenvalue weighted by molar-refractivity contribution is 5.90. The van der Waals surface area contributed by atoms with Crippen molar-refractivity contribution in [2.24, 2.45) is 5.73 Å². The van der Waals surface area contributed by atoms with E-state index in [9.17, 15) is 0 Å². The van der Waals surface area contributed by atoms with Gasteiger partial charge < -0.3 is 30.0 Å². The highest BCUT2D eigenvalue weighted by Gasteiger charge is 2.23. The topological polar surface area (TPSA) is 114 Å². The van der Waals surface area contributed by atoms with Crippen molar-refractivity contribution >= 4 is 16.7 Å². The smallest absolute Gasteiger partial charge is 0.163 e. The Bertz CT molecular complexity index is 1540. The van der Waals surface area contributed by atoms with Gasteiger partial charge in [0, 0.05) is 41.6 Å². The third-order valence-electron chi connectivity index (χ3n) is 7.52. The number of hydrogen-bond acceptors (Lipinski definition) is 9. The van der Waals surface area contributed by atoms with Crippen molar-refractivity contribution in [2.45, 2.75) is 38.1 Å². The second-order valence-electron chi connectivity index (χ2n) is 10.9. The number of hydrogen-bond donors (Lipinski definition) is 2. The van der Waals surface area contributed by atoms with Gasteiger partial charge in [0.15, 0.2) is 5.82 Å². The fraction of sp³-hybridized carbons (Fsp3) is 0.417. The number of para-hydroxylation sites is 1. The fourth-order valence-corrected chi connectivity index (χ4v) is 5.25. The molecule has 0 radical (unpaired) electrons. The number of rotatable bonds is 18. The van der Waals surface area contributed by atoms with E-state index in [0.717, 1.165) is 73.1 Å². The Hall–Kier alpha value is -3.91. The molecule has 236 valence electrons. The lowest BCUT2D eigenvalue weighted by molar-refractivity contribution is 0.000929. The van der Waals surface area contributed by atoms with E-state index in [2.05, 4.69) is 46.4 Å². The van der Waals surface area contributed by atoms with Crippen molar-refractivity contribution in [3.8, 4) is 23.2 Å². The Balaban J connectivity index is 1.00. The van der Waals surface area contributed by atoms with Crippen molar-refractivity contribution in [3.63, 3.8) is 0 Å². The van der Waals surface area contributed by atoms with E-state index < -0.39 is 0 Å². The van der Waals surface area contributed by atoms with Gasteiger partial charge in [0.2, 0.25) is 0 Å². The lowest BCUT2D eigenvalue weighted by atomic mass is 10.1. The van der Waals surface area contributed by atoms with Crippen LogP contribution in [-0.2, 0) is 31.8 Å². The van der Waals surface area contributed by atoms with Crippen molar-refractivity contribution in [1.29, 1.82) is 0 Å². The number of benzene rings is 2. The normalized spacial score (nSPS) is 13.8.